The largest absolute Gasteiger partial charge is 0.298 e. The van der Waals surface area contributed by atoms with E-state index in [9.17, 15) is 4.79 Å². The lowest BCUT2D eigenvalue weighted by molar-refractivity contribution is 0.719. The van der Waals surface area contributed by atoms with Crippen LogP contribution in [0.4, 0.5) is 0 Å². The van der Waals surface area contributed by atoms with Gasteiger partial charge < -0.3 is 0 Å². The quantitative estimate of drug-likeness (QED) is 0.715. The summed E-state index contributed by atoms with van der Waals surface area (Å²) in [5.41, 5.74) is 4.24. The van der Waals surface area contributed by atoms with Crippen molar-refractivity contribution in [1.29, 1.82) is 0 Å². The molecule has 0 atom stereocenters. The van der Waals surface area contributed by atoms with E-state index in [-0.39, 0.29) is 5.56 Å². The Labute approximate surface area is 115 Å². The minimum atomic E-state index is 0.0517. The predicted molar refractivity (Wildman–Crippen MR) is 79.7 cm³/mol. The van der Waals surface area contributed by atoms with Crippen molar-refractivity contribution in [2.75, 3.05) is 0 Å². The first kappa shape index (κ1) is 12.1. The third-order valence-electron chi connectivity index (χ3n) is 3.25. The number of aryl methyl sites for hydroxylation is 2. The molecule has 3 rings (SSSR count). The van der Waals surface area contributed by atoms with Crippen molar-refractivity contribution in [3.63, 3.8) is 0 Å². The van der Waals surface area contributed by atoms with Crippen molar-refractivity contribution < 1.29 is 0 Å². The summed E-state index contributed by atoms with van der Waals surface area (Å²) in [6.45, 7) is 4.66. The highest BCUT2D eigenvalue weighted by atomic mass is 32.1. The van der Waals surface area contributed by atoms with Gasteiger partial charge in [-0.2, -0.15) is 0 Å². The van der Waals surface area contributed by atoms with Crippen LogP contribution in [0.1, 0.15) is 12.5 Å². The molecule has 0 aliphatic carbocycles. The third-order valence-corrected chi connectivity index (χ3v) is 4.21. The van der Waals surface area contributed by atoms with Gasteiger partial charge in [0.1, 0.15) is 4.70 Å². The molecule has 0 saturated carbocycles. The lowest BCUT2D eigenvalue weighted by Crippen LogP contribution is -2.18. The number of nitrogens with zero attached hydrogens (tertiary/aromatic N) is 2. The van der Waals surface area contributed by atoms with Gasteiger partial charge in [-0.15, -0.1) is 11.3 Å². The van der Waals surface area contributed by atoms with Gasteiger partial charge >= 0.3 is 0 Å². The van der Waals surface area contributed by atoms with Gasteiger partial charge in [0.15, 0.2) is 0 Å². The van der Waals surface area contributed by atoms with E-state index in [0.29, 0.717) is 6.54 Å². The SMILES string of the molecule is CCn1cnc2c(-c3ccc(C)cc3)csc2c1=O. The number of hydrogen-bond donors (Lipinski definition) is 0. The lowest BCUT2D eigenvalue weighted by Gasteiger charge is -2.02. The van der Waals surface area contributed by atoms with E-state index in [1.165, 1.54) is 16.9 Å². The van der Waals surface area contributed by atoms with Gasteiger partial charge in [-0.25, -0.2) is 4.98 Å². The fourth-order valence-corrected chi connectivity index (χ4v) is 3.08. The van der Waals surface area contributed by atoms with Crippen LogP contribution in [0.25, 0.3) is 21.3 Å². The highest BCUT2D eigenvalue weighted by Gasteiger charge is 2.11. The zero-order valence-corrected chi connectivity index (χ0v) is 11.7. The molecule has 96 valence electrons. The van der Waals surface area contributed by atoms with Crippen LogP contribution in [0.2, 0.25) is 0 Å². The van der Waals surface area contributed by atoms with Crippen molar-refractivity contribution in [2.45, 2.75) is 20.4 Å². The maximum atomic E-state index is 12.2. The van der Waals surface area contributed by atoms with E-state index in [4.69, 9.17) is 0 Å². The van der Waals surface area contributed by atoms with Crippen LogP contribution in [-0.4, -0.2) is 9.55 Å². The summed E-state index contributed by atoms with van der Waals surface area (Å²) in [5.74, 6) is 0. The molecule has 19 heavy (non-hydrogen) atoms. The van der Waals surface area contributed by atoms with E-state index in [1.807, 2.05) is 12.3 Å². The first-order valence-corrected chi connectivity index (χ1v) is 7.12. The highest BCUT2D eigenvalue weighted by Crippen LogP contribution is 2.30. The van der Waals surface area contributed by atoms with Crippen molar-refractivity contribution in [3.05, 3.63) is 51.9 Å². The molecule has 0 aliphatic rings. The number of rotatable bonds is 2. The van der Waals surface area contributed by atoms with E-state index in [1.54, 1.807) is 10.9 Å². The topological polar surface area (TPSA) is 34.9 Å². The van der Waals surface area contributed by atoms with Crippen molar-refractivity contribution in [1.82, 2.24) is 9.55 Å². The first-order chi connectivity index (χ1) is 9.20. The van der Waals surface area contributed by atoms with Crippen molar-refractivity contribution >= 4 is 21.6 Å². The third kappa shape index (κ3) is 1.98. The Kier molecular flexibility index (Phi) is 2.95. The molecule has 0 aliphatic heterocycles. The Morgan fingerprint density at radius 2 is 2.00 bits per heavy atom. The highest BCUT2D eigenvalue weighted by molar-refractivity contribution is 7.17. The minimum absolute atomic E-state index is 0.0517. The fourth-order valence-electron chi connectivity index (χ4n) is 2.11. The van der Waals surface area contributed by atoms with Crippen molar-refractivity contribution in [2.24, 2.45) is 0 Å². The standard InChI is InChI=1S/C15H14N2OS/c1-3-17-9-16-13-12(8-19-14(13)15(17)18)11-6-4-10(2)5-7-11/h4-9H,3H2,1-2H3. The van der Waals surface area contributed by atoms with Gasteiger partial charge in [-0.05, 0) is 19.4 Å². The zero-order valence-electron chi connectivity index (χ0n) is 10.9. The summed E-state index contributed by atoms with van der Waals surface area (Å²) < 4.78 is 2.37. The average molecular weight is 270 g/mol. The summed E-state index contributed by atoms with van der Waals surface area (Å²) in [4.78, 5) is 16.6. The molecule has 0 amide bonds. The van der Waals surface area contributed by atoms with Gasteiger partial charge in [0.25, 0.3) is 5.56 Å². The van der Waals surface area contributed by atoms with E-state index >= 15 is 0 Å². The summed E-state index contributed by atoms with van der Waals surface area (Å²) in [5, 5.41) is 2.02. The van der Waals surface area contributed by atoms with Crippen LogP contribution in [-0.2, 0) is 6.54 Å². The number of aromatic nitrogens is 2. The summed E-state index contributed by atoms with van der Waals surface area (Å²) in [7, 11) is 0. The van der Waals surface area contributed by atoms with Gasteiger partial charge in [0, 0.05) is 17.5 Å². The van der Waals surface area contributed by atoms with Crippen LogP contribution < -0.4 is 5.56 Å². The first-order valence-electron chi connectivity index (χ1n) is 6.24. The Morgan fingerprint density at radius 3 is 2.68 bits per heavy atom. The molecule has 2 aromatic heterocycles. The summed E-state index contributed by atoms with van der Waals surface area (Å²) in [6, 6.07) is 8.30. The van der Waals surface area contributed by atoms with Crippen LogP contribution in [0.3, 0.4) is 0 Å². The van der Waals surface area contributed by atoms with Crippen LogP contribution >= 0.6 is 11.3 Å². The Balaban J connectivity index is 2.24. The fraction of sp³-hybridized carbons (Fsp3) is 0.200. The Morgan fingerprint density at radius 1 is 1.26 bits per heavy atom. The molecule has 0 saturated heterocycles. The Bertz CT molecular complexity index is 784. The molecule has 2 heterocycles. The molecule has 1 aromatic carbocycles. The van der Waals surface area contributed by atoms with Crippen LogP contribution in [0.5, 0.6) is 0 Å². The minimum Gasteiger partial charge on any atom is -0.298 e. The average Bonchev–Trinajstić information content (AvgIpc) is 2.85. The molecule has 3 nitrogen and oxygen atoms in total. The number of hydrogen-bond acceptors (Lipinski definition) is 3. The molecule has 4 heteroatoms. The van der Waals surface area contributed by atoms with E-state index in [0.717, 1.165) is 21.3 Å². The number of benzene rings is 1. The molecule has 0 spiro atoms. The summed E-state index contributed by atoms with van der Waals surface area (Å²) >= 11 is 1.47. The molecule has 0 radical (unpaired) electrons. The van der Waals surface area contributed by atoms with Crippen molar-refractivity contribution in [3.8, 4) is 11.1 Å². The molecule has 3 aromatic rings. The molecule has 0 fully saturated rings. The van der Waals surface area contributed by atoms with Gasteiger partial charge in [-0.3, -0.25) is 9.36 Å². The Hall–Kier alpha value is -1.94. The predicted octanol–water partition coefficient (Wildman–Crippen LogP) is 3.45. The smallest absolute Gasteiger partial charge is 0.271 e. The maximum absolute atomic E-state index is 12.2. The van der Waals surface area contributed by atoms with Crippen LogP contribution in [0, 0.1) is 6.92 Å². The molecule has 0 N–H and O–H groups in total. The van der Waals surface area contributed by atoms with E-state index in [2.05, 4.69) is 36.2 Å². The molecular weight excluding hydrogens is 256 g/mol. The lowest BCUT2D eigenvalue weighted by atomic mass is 10.1. The normalized spacial score (nSPS) is 11.1. The second-order valence-electron chi connectivity index (χ2n) is 4.53. The van der Waals surface area contributed by atoms with Gasteiger partial charge in [-0.1, -0.05) is 29.8 Å². The van der Waals surface area contributed by atoms with Gasteiger partial charge in [0.05, 0.1) is 11.8 Å². The number of thiophene rings is 1. The maximum Gasteiger partial charge on any atom is 0.271 e. The second kappa shape index (κ2) is 4.63. The summed E-state index contributed by atoms with van der Waals surface area (Å²) in [6.07, 6.45) is 1.63. The monoisotopic (exact) mass is 270 g/mol. The molecule has 0 unspecified atom stereocenters. The van der Waals surface area contributed by atoms with E-state index < -0.39 is 0 Å². The number of fused-ring (bicyclic) bond motifs is 1. The second-order valence-corrected chi connectivity index (χ2v) is 5.41. The molecular formula is C15H14N2OS. The zero-order chi connectivity index (χ0) is 13.4. The van der Waals surface area contributed by atoms with Crippen LogP contribution in [0.15, 0.2) is 40.8 Å². The molecule has 0 bridgehead atoms. The van der Waals surface area contributed by atoms with Gasteiger partial charge in [0.2, 0.25) is 0 Å².